The van der Waals surface area contributed by atoms with Gasteiger partial charge in [0, 0.05) is 17.0 Å². The minimum atomic E-state index is 0.572. The highest BCUT2D eigenvalue weighted by atomic mass is 32.1. The first-order valence-electron chi connectivity index (χ1n) is 5.49. The van der Waals surface area contributed by atoms with Gasteiger partial charge < -0.3 is 0 Å². The quantitative estimate of drug-likeness (QED) is 0.677. The van der Waals surface area contributed by atoms with Gasteiger partial charge in [0.1, 0.15) is 0 Å². The molecule has 0 spiro atoms. The van der Waals surface area contributed by atoms with Crippen LogP contribution in [-0.4, -0.2) is 4.98 Å². The van der Waals surface area contributed by atoms with Crippen LogP contribution in [0.1, 0.15) is 55.3 Å². The van der Waals surface area contributed by atoms with Crippen molar-refractivity contribution in [2.45, 2.75) is 52.4 Å². The Kier molecular flexibility index (Phi) is 2.65. The Morgan fingerprint density at radius 1 is 1.36 bits per heavy atom. The lowest BCUT2D eigenvalue weighted by Gasteiger charge is -2.33. The molecule has 78 valence electrons. The Bertz CT molecular complexity index is 304. The molecule has 0 bridgehead atoms. The SMILES string of the molecule is Cc1cnc(C2CCC(C)(C)CC2)s1. The van der Waals surface area contributed by atoms with Gasteiger partial charge in [0.15, 0.2) is 0 Å². The Labute approximate surface area is 90.6 Å². The van der Waals surface area contributed by atoms with Crippen molar-refractivity contribution in [3.8, 4) is 0 Å². The van der Waals surface area contributed by atoms with Crippen molar-refractivity contribution in [3.05, 3.63) is 16.1 Å². The molecular formula is C12H19NS. The summed E-state index contributed by atoms with van der Waals surface area (Å²) in [7, 11) is 0. The zero-order valence-electron chi connectivity index (χ0n) is 9.34. The van der Waals surface area contributed by atoms with Gasteiger partial charge in [-0.05, 0) is 38.0 Å². The molecule has 0 atom stereocenters. The van der Waals surface area contributed by atoms with Gasteiger partial charge in [-0.2, -0.15) is 0 Å². The standard InChI is InChI=1S/C12H19NS/c1-9-8-13-11(14-9)10-4-6-12(2,3)7-5-10/h8,10H,4-7H2,1-3H3. The highest BCUT2D eigenvalue weighted by molar-refractivity contribution is 7.11. The van der Waals surface area contributed by atoms with Crippen LogP contribution >= 0.6 is 11.3 Å². The molecule has 0 radical (unpaired) electrons. The number of hydrogen-bond donors (Lipinski definition) is 0. The maximum Gasteiger partial charge on any atom is 0.0958 e. The maximum atomic E-state index is 4.51. The molecule has 0 saturated heterocycles. The molecule has 1 heterocycles. The first-order valence-corrected chi connectivity index (χ1v) is 6.31. The second-order valence-electron chi connectivity index (χ2n) is 5.25. The maximum absolute atomic E-state index is 4.51. The molecule has 1 aromatic heterocycles. The Morgan fingerprint density at radius 2 is 2.00 bits per heavy atom. The number of nitrogens with zero attached hydrogens (tertiary/aromatic N) is 1. The molecule has 1 fully saturated rings. The van der Waals surface area contributed by atoms with Crippen molar-refractivity contribution in [1.82, 2.24) is 4.98 Å². The van der Waals surface area contributed by atoms with Crippen molar-refractivity contribution >= 4 is 11.3 Å². The van der Waals surface area contributed by atoms with E-state index in [2.05, 4.69) is 25.8 Å². The van der Waals surface area contributed by atoms with Gasteiger partial charge >= 0.3 is 0 Å². The Hall–Kier alpha value is -0.370. The topological polar surface area (TPSA) is 12.9 Å². The summed E-state index contributed by atoms with van der Waals surface area (Å²) in [5.74, 6) is 0.752. The zero-order valence-corrected chi connectivity index (χ0v) is 10.2. The van der Waals surface area contributed by atoms with Crippen molar-refractivity contribution in [2.24, 2.45) is 5.41 Å². The van der Waals surface area contributed by atoms with Gasteiger partial charge in [-0.3, -0.25) is 0 Å². The molecule has 0 aromatic carbocycles. The Morgan fingerprint density at radius 3 is 2.50 bits per heavy atom. The summed E-state index contributed by atoms with van der Waals surface area (Å²) >= 11 is 1.88. The predicted octanol–water partition coefficient (Wildman–Crippen LogP) is 4.14. The van der Waals surface area contributed by atoms with E-state index in [9.17, 15) is 0 Å². The van der Waals surface area contributed by atoms with Crippen LogP contribution in [0.15, 0.2) is 6.20 Å². The summed E-state index contributed by atoms with van der Waals surface area (Å²) in [5.41, 5.74) is 0.572. The third-order valence-electron chi connectivity index (χ3n) is 3.33. The van der Waals surface area contributed by atoms with Gasteiger partial charge in [0.25, 0.3) is 0 Å². The number of hydrogen-bond acceptors (Lipinski definition) is 2. The fourth-order valence-electron chi connectivity index (χ4n) is 2.21. The van der Waals surface area contributed by atoms with Gasteiger partial charge in [0.2, 0.25) is 0 Å². The normalized spacial score (nSPS) is 22.5. The summed E-state index contributed by atoms with van der Waals surface area (Å²) in [6.45, 7) is 6.92. The molecule has 0 unspecified atom stereocenters. The van der Waals surface area contributed by atoms with Crippen molar-refractivity contribution < 1.29 is 0 Å². The highest BCUT2D eigenvalue weighted by Gasteiger charge is 2.28. The lowest BCUT2D eigenvalue weighted by Crippen LogP contribution is -2.20. The monoisotopic (exact) mass is 209 g/mol. The van der Waals surface area contributed by atoms with Crippen LogP contribution < -0.4 is 0 Å². The van der Waals surface area contributed by atoms with Crippen LogP contribution in [0.5, 0.6) is 0 Å². The average Bonchev–Trinajstić information content (AvgIpc) is 2.52. The third-order valence-corrected chi connectivity index (χ3v) is 4.40. The van der Waals surface area contributed by atoms with E-state index >= 15 is 0 Å². The molecule has 1 nitrogen and oxygen atoms in total. The smallest absolute Gasteiger partial charge is 0.0958 e. The number of rotatable bonds is 1. The molecule has 1 aromatic rings. The lowest BCUT2D eigenvalue weighted by molar-refractivity contribution is 0.224. The summed E-state index contributed by atoms with van der Waals surface area (Å²) in [4.78, 5) is 5.86. The fraction of sp³-hybridized carbons (Fsp3) is 0.750. The average molecular weight is 209 g/mol. The van der Waals surface area contributed by atoms with Crippen LogP contribution in [0.3, 0.4) is 0 Å². The highest BCUT2D eigenvalue weighted by Crippen LogP contribution is 2.43. The van der Waals surface area contributed by atoms with Crippen molar-refractivity contribution in [3.63, 3.8) is 0 Å². The van der Waals surface area contributed by atoms with E-state index in [-0.39, 0.29) is 0 Å². The number of thiazole rings is 1. The third kappa shape index (κ3) is 2.17. The molecule has 14 heavy (non-hydrogen) atoms. The predicted molar refractivity (Wildman–Crippen MR) is 61.8 cm³/mol. The summed E-state index contributed by atoms with van der Waals surface area (Å²) in [5, 5.41) is 1.37. The van der Waals surface area contributed by atoms with Crippen LogP contribution in [-0.2, 0) is 0 Å². The van der Waals surface area contributed by atoms with E-state index in [4.69, 9.17) is 0 Å². The molecule has 0 aliphatic heterocycles. The molecule has 2 rings (SSSR count). The van der Waals surface area contributed by atoms with Crippen LogP contribution in [0, 0.1) is 12.3 Å². The van der Waals surface area contributed by atoms with E-state index in [1.807, 2.05) is 17.5 Å². The lowest BCUT2D eigenvalue weighted by atomic mass is 9.73. The second-order valence-corrected chi connectivity index (χ2v) is 6.51. The minimum Gasteiger partial charge on any atom is -0.249 e. The second kappa shape index (κ2) is 3.65. The summed E-state index contributed by atoms with van der Waals surface area (Å²) in [6.07, 6.45) is 7.40. The molecular weight excluding hydrogens is 190 g/mol. The van der Waals surface area contributed by atoms with E-state index in [0.717, 1.165) is 5.92 Å². The van der Waals surface area contributed by atoms with E-state index in [1.165, 1.54) is 35.6 Å². The van der Waals surface area contributed by atoms with Gasteiger partial charge in [-0.1, -0.05) is 13.8 Å². The molecule has 0 amide bonds. The van der Waals surface area contributed by atoms with E-state index in [0.29, 0.717) is 5.41 Å². The van der Waals surface area contributed by atoms with Crippen LogP contribution in [0.25, 0.3) is 0 Å². The van der Waals surface area contributed by atoms with Gasteiger partial charge in [-0.25, -0.2) is 4.98 Å². The summed E-state index contributed by atoms with van der Waals surface area (Å²) in [6, 6.07) is 0. The Balaban J connectivity index is 2.02. The molecule has 1 saturated carbocycles. The fourth-order valence-corrected chi connectivity index (χ4v) is 3.15. The van der Waals surface area contributed by atoms with E-state index in [1.54, 1.807) is 0 Å². The summed E-state index contributed by atoms with van der Waals surface area (Å²) < 4.78 is 0. The van der Waals surface area contributed by atoms with Crippen LogP contribution in [0.4, 0.5) is 0 Å². The molecule has 1 aliphatic carbocycles. The molecule has 2 heteroatoms. The van der Waals surface area contributed by atoms with Gasteiger partial charge in [-0.15, -0.1) is 11.3 Å². The zero-order chi connectivity index (χ0) is 10.2. The molecule has 0 N–H and O–H groups in total. The molecule has 1 aliphatic rings. The van der Waals surface area contributed by atoms with Crippen molar-refractivity contribution in [1.29, 1.82) is 0 Å². The van der Waals surface area contributed by atoms with Gasteiger partial charge in [0.05, 0.1) is 5.01 Å². The first-order chi connectivity index (χ1) is 6.57. The van der Waals surface area contributed by atoms with E-state index < -0.39 is 0 Å². The van der Waals surface area contributed by atoms with Crippen molar-refractivity contribution in [2.75, 3.05) is 0 Å². The largest absolute Gasteiger partial charge is 0.249 e. The minimum absolute atomic E-state index is 0.572. The van der Waals surface area contributed by atoms with Crippen LogP contribution in [0.2, 0.25) is 0 Å². The number of aromatic nitrogens is 1. The number of aryl methyl sites for hydroxylation is 1. The first kappa shape index (κ1) is 10.2.